The fourth-order valence-electron chi connectivity index (χ4n) is 1.55. The van der Waals surface area contributed by atoms with E-state index in [0.717, 1.165) is 21.8 Å². The maximum absolute atomic E-state index is 4.12. The molecule has 0 N–H and O–H groups in total. The first-order valence-electron chi connectivity index (χ1n) is 5.09. The summed E-state index contributed by atoms with van der Waals surface area (Å²) in [5.74, 6) is 0. The van der Waals surface area contributed by atoms with Crippen LogP contribution in [0.3, 0.4) is 0 Å². The average Bonchev–Trinajstić information content (AvgIpc) is 2.47. The molecule has 0 amide bonds. The van der Waals surface area contributed by atoms with E-state index in [-0.39, 0.29) is 0 Å². The first-order valence-corrected chi connectivity index (χ1v) is 5.09. The number of aromatic nitrogens is 1. The summed E-state index contributed by atoms with van der Waals surface area (Å²) in [6, 6.07) is 0. The van der Waals surface area contributed by atoms with Crippen molar-refractivity contribution in [3.63, 3.8) is 0 Å². The molecular weight excluding hydrogens is 198 g/mol. The molecule has 0 aliphatic rings. The van der Waals surface area contributed by atoms with Gasteiger partial charge in [0, 0.05) is 19.5 Å². The van der Waals surface area contributed by atoms with Crippen LogP contribution in [0.25, 0.3) is 12.8 Å². The van der Waals surface area contributed by atoms with E-state index >= 15 is 0 Å². The molecule has 16 heavy (non-hydrogen) atoms. The van der Waals surface area contributed by atoms with Crippen LogP contribution in [0.1, 0.15) is 18.2 Å². The number of hydrogen-bond acceptors (Lipinski definition) is 2. The van der Waals surface area contributed by atoms with Gasteiger partial charge >= 0.3 is 0 Å². The number of aliphatic imine (C=N–C) groups is 2. The van der Waals surface area contributed by atoms with Crippen molar-refractivity contribution in [2.75, 3.05) is 0 Å². The maximum atomic E-state index is 4.12. The topological polar surface area (TPSA) is 29.6 Å². The zero-order chi connectivity index (χ0) is 12.1. The molecule has 0 unspecified atom stereocenters. The Bertz CT molecular complexity index is 545. The van der Waals surface area contributed by atoms with Gasteiger partial charge in [-0.3, -0.25) is 9.98 Å². The van der Waals surface area contributed by atoms with Gasteiger partial charge in [-0.15, -0.1) is 0 Å². The monoisotopic (exact) mass is 215 g/mol. The SMILES string of the molecule is C=CN=Cc1c(C)c(=C)/c(=C\N=CC)n1C. The predicted molar refractivity (Wildman–Crippen MR) is 71.3 cm³/mol. The Balaban J connectivity index is 3.51. The molecule has 0 aliphatic carbocycles. The van der Waals surface area contributed by atoms with Crippen LogP contribution in [-0.4, -0.2) is 17.0 Å². The lowest BCUT2D eigenvalue weighted by Crippen LogP contribution is -2.27. The molecule has 3 heteroatoms. The van der Waals surface area contributed by atoms with Gasteiger partial charge in [-0.1, -0.05) is 13.2 Å². The minimum absolute atomic E-state index is 0.985. The summed E-state index contributed by atoms with van der Waals surface area (Å²) in [5.41, 5.74) is 2.15. The molecular formula is C13H17N3. The quantitative estimate of drug-likeness (QED) is 0.677. The molecule has 0 spiro atoms. The molecule has 0 aliphatic heterocycles. The second-order valence-corrected chi connectivity index (χ2v) is 3.43. The van der Waals surface area contributed by atoms with Crippen molar-refractivity contribution in [2.45, 2.75) is 13.8 Å². The third-order valence-electron chi connectivity index (χ3n) is 2.52. The highest BCUT2D eigenvalue weighted by Crippen LogP contribution is 1.96. The zero-order valence-corrected chi connectivity index (χ0v) is 10.1. The molecule has 1 heterocycles. The van der Waals surface area contributed by atoms with Crippen molar-refractivity contribution >= 4 is 25.2 Å². The van der Waals surface area contributed by atoms with Crippen LogP contribution >= 0.6 is 0 Å². The number of nitrogens with zero attached hydrogens (tertiary/aromatic N) is 3. The van der Waals surface area contributed by atoms with Crippen molar-refractivity contribution < 1.29 is 0 Å². The Morgan fingerprint density at radius 1 is 1.31 bits per heavy atom. The minimum atomic E-state index is 0.985. The smallest absolute Gasteiger partial charge is 0.0665 e. The fraction of sp³-hybridized carbons (Fsp3) is 0.231. The lowest BCUT2D eigenvalue weighted by Gasteiger charge is -1.97. The molecule has 1 aromatic heterocycles. The third kappa shape index (κ3) is 2.19. The molecule has 0 radical (unpaired) electrons. The highest BCUT2D eigenvalue weighted by Gasteiger charge is 2.04. The van der Waals surface area contributed by atoms with Gasteiger partial charge in [0.05, 0.1) is 23.5 Å². The van der Waals surface area contributed by atoms with E-state index in [1.54, 1.807) is 18.6 Å². The lowest BCUT2D eigenvalue weighted by molar-refractivity contribution is 0.877. The molecule has 1 aromatic rings. The third-order valence-corrected chi connectivity index (χ3v) is 2.52. The Hall–Kier alpha value is -1.90. The van der Waals surface area contributed by atoms with Gasteiger partial charge in [0.1, 0.15) is 0 Å². The predicted octanol–water partition coefficient (Wildman–Crippen LogP) is 1.13. The number of hydrogen-bond donors (Lipinski definition) is 0. The summed E-state index contributed by atoms with van der Waals surface area (Å²) in [5, 5.41) is 1.99. The summed E-state index contributed by atoms with van der Waals surface area (Å²) in [4.78, 5) is 8.16. The Labute approximate surface area is 95.9 Å². The van der Waals surface area contributed by atoms with Crippen LogP contribution in [0.2, 0.25) is 0 Å². The second kappa shape index (κ2) is 5.26. The summed E-state index contributed by atoms with van der Waals surface area (Å²) in [6.45, 7) is 11.5. The van der Waals surface area contributed by atoms with Crippen molar-refractivity contribution in [1.82, 2.24) is 4.57 Å². The average molecular weight is 215 g/mol. The maximum Gasteiger partial charge on any atom is 0.0665 e. The van der Waals surface area contributed by atoms with E-state index in [9.17, 15) is 0 Å². The van der Waals surface area contributed by atoms with Crippen LogP contribution in [0, 0.1) is 6.92 Å². The molecule has 3 nitrogen and oxygen atoms in total. The van der Waals surface area contributed by atoms with Crippen LogP contribution < -0.4 is 10.6 Å². The van der Waals surface area contributed by atoms with E-state index in [4.69, 9.17) is 0 Å². The van der Waals surface area contributed by atoms with Crippen molar-refractivity contribution in [2.24, 2.45) is 17.0 Å². The van der Waals surface area contributed by atoms with Crippen LogP contribution in [-0.2, 0) is 7.05 Å². The first kappa shape index (κ1) is 12.2. The van der Waals surface area contributed by atoms with Crippen LogP contribution in [0.15, 0.2) is 22.8 Å². The molecule has 0 saturated heterocycles. The zero-order valence-electron chi connectivity index (χ0n) is 10.1. The van der Waals surface area contributed by atoms with Gasteiger partial charge in [-0.05, 0) is 24.6 Å². The number of rotatable bonds is 3. The molecule has 1 rings (SSSR count). The Kier molecular flexibility index (Phi) is 4.00. The van der Waals surface area contributed by atoms with E-state index < -0.39 is 0 Å². The summed E-state index contributed by atoms with van der Waals surface area (Å²) < 4.78 is 2.03. The highest BCUT2D eigenvalue weighted by molar-refractivity contribution is 5.80. The standard InChI is InChI=1S/C13H17N3/c1-6-14-8-12-10(3)11(4)13(16(12)5)9-15-7-2/h6-9H,1,4H2,2-3,5H3/b13-9+,14-8?,15-7?. The van der Waals surface area contributed by atoms with Crippen LogP contribution in [0.4, 0.5) is 0 Å². The van der Waals surface area contributed by atoms with Gasteiger partial charge in [-0.2, -0.15) is 0 Å². The van der Waals surface area contributed by atoms with Gasteiger partial charge in [-0.25, -0.2) is 0 Å². The molecule has 84 valence electrons. The highest BCUT2D eigenvalue weighted by atomic mass is 15.0. The van der Waals surface area contributed by atoms with Gasteiger partial charge in [0.2, 0.25) is 0 Å². The summed E-state index contributed by atoms with van der Waals surface area (Å²) in [6.07, 6.45) is 6.85. The van der Waals surface area contributed by atoms with Crippen molar-refractivity contribution in [3.8, 4) is 0 Å². The van der Waals surface area contributed by atoms with Crippen molar-refractivity contribution in [1.29, 1.82) is 0 Å². The summed E-state index contributed by atoms with van der Waals surface area (Å²) >= 11 is 0. The van der Waals surface area contributed by atoms with Gasteiger partial charge in [0.15, 0.2) is 0 Å². The normalized spacial score (nSPS) is 13.1. The molecule has 0 saturated carbocycles. The largest absolute Gasteiger partial charge is 0.341 e. The van der Waals surface area contributed by atoms with Gasteiger partial charge in [0.25, 0.3) is 0 Å². The van der Waals surface area contributed by atoms with E-state index in [1.165, 1.54) is 6.20 Å². The minimum Gasteiger partial charge on any atom is -0.341 e. The Morgan fingerprint density at radius 2 is 2.00 bits per heavy atom. The summed E-state index contributed by atoms with van der Waals surface area (Å²) in [7, 11) is 1.98. The molecule has 0 atom stereocenters. The second-order valence-electron chi connectivity index (χ2n) is 3.43. The van der Waals surface area contributed by atoms with Crippen LogP contribution in [0.5, 0.6) is 0 Å². The Morgan fingerprint density at radius 3 is 2.56 bits per heavy atom. The molecule has 0 aromatic carbocycles. The fourth-order valence-corrected chi connectivity index (χ4v) is 1.55. The van der Waals surface area contributed by atoms with Crippen molar-refractivity contribution in [3.05, 3.63) is 34.6 Å². The molecule has 0 fully saturated rings. The lowest BCUT2D eigenvalue weighted by atomic mass is 10.2. The molecule has 0 bridgehead atoms. The van der Waals surface area contributed by atoms with E-state index in [1.807, 2.05) is 25.5 Å². The van der Waals surface area contributed by atoms with E-state index in [0.29, 0.717) is 0 Å². The van der Waals surface area contributed by atoms with E-state index in [2.05, 4.69) is 23.1 Å². The first-order chi connectivity index (χ1) is 7.63. The van der Waals surface area contributed by atoms with Gasteiger partial charge < -0.3 is 4.57 Å².